The maximum atomic E-state index is 4.97. The zero-order chi connectivity index (χ0) is 22.9. The molecule has 0 radical (unpaired) electrons. The van der Waals surface area contributed by atoms with E-state index in [1.54, 1.807) is 0 Å². The van der Waals surface area contributed by atoms with Gasteiger partial charge in [0, 0.05) is 35.3 Å². The zero-order valence-electron chi connectivity index (χ0n) is 19.8. The number of hydrogen-bond donors (Lipinski definition) is 2. The molecule has 4 heterocycles. The van der Waals surface area contributed by atoms with E-state index in [1.807, 2.05) is 18.5 Å². The predicted molar refractivity (Wildman–Crippen MR) is 136 cm³/mol. The monoisotopic (exact) mass is 442 g/mol. The third kappa shape index (κ3) is 4.20. The average Bonchev–Trinajstić information content (AvgIpc) is 3.34. The van der Waals surface area contributed by atoms with Gasteiger partial charge in [-0.1, -0.05) is 32.1 Å². The molecule has 2 aliphatic heterocycles. The second kappa shape index (κ2) is 9.10. The van der Waals surface area contributed by atoms with Crippen LogP contribution in [0.3, 0.4) is 0 Å². The molecule has 0 spiro atoms. The van der Waals surface area contributed by atoms with E-state index in [2.05, 4.69) is 58.6 Å². The number of nitrogens with zero attached hydrogens (tertiary/aromatic N) is 4. The van der Waals surface area contributed by atoms with E-state index >= 15 is 0 Å². The second-order valence-electron chi connectivity index (χ2n) is 9.59. The molecule has 2 aromatic heterocycles. The number of piperidine rings is 1. The number of nitrogens with one attached hydrogen (secondary N) is 2. The number of hydrogen-bond acceptors (Lipinski definition) is 6. The van der Waals surface area contributed by atoms with Gasteiger partial charge in [0.15, 0.2) is 0 Å². The van der Waals surface area contributed by atoms with Crippen LogP contribution in [-0.2, 0) is 0 Å². The van der Waals surface area contributed by atoms with Crippen molar-refractivity contribution in [1.82, 2.24) is 20.3 Å². The molecular formula is C27H34N6. The van der Waals surface area contributed by atoms with Gasteiger partial charge in [0.25, 0.3) is 0 Å². The molecule has 0 unspecified atom stereocenters. The summed E-state index contributed by atoms with van der Waals surface area (Å²) in [6.07, 6.45) is 11.1. The van der Waals surface area contributed by atoms with Gasteiger partial charge < -0.3 is 15.5 Å². The van der Waals surface area contributed by atoms with Crippen LogP contribution in [0, 0.1) is 0 Å². The van der Waals surface area contributed by atoms with Crippen LogP contribution >= 0.6 is 0 Å². The van der Waals surface area contributed by atoms with Gasteiger partial charge in [-0.2, -0.15) is 4.98 Å². The number of fused-ring (bicyclic) bond motifs is 1. The Morgan fingerprint density at radius 1 is 1.09 bits per heavy atom. The van der Waals surface area contributed by atoms with E-state index in [4.69, 9.17) is 4.98 Å². The molecule has 6 heteroatoms. The summed E-state index contributed by atoms with van der Waals surface area (Å²) in [5, 5.41) is 6.75. The molecule has 0 bridgehead atoms. The van der Waals surface area contributed by atoms with Crippen molar-refractivity contribution in [2.24, 2.45) is 0 Å². The standard InChI is InChI=1S/C27H34N6/c1-17(2)25-18(3)23-16-30-27(32-26(23)33(19(25)4)22-7-5-6-8-22)31-24-10-9-21(15-29-24)20-11-13-28-14-12-20/h9-10,15-16,20,22,28H,1,4-8,11-14H2,2-3H3,(H,29,30,31,32). The van der Waals surface area contributed by atoms with Crippen LogP contribution in [0.2, 0.25) is 0 Å². The highest BCUT2D eigenvalue weighted by molar-refractivity contribution is 5.87. The molecule has 1 saturated heterocycles. The fourth-order valence-corrected chi connectivity index (χ4v) is 5.59. The Labute approximate surface area is 196 Å². The average molecular weight is 443 g/mol. The quantitative estimate of drug-likeness (QED) is 0.618. The zero-order valence-corrected chi connectivity index (χ0v) is 19.8. The molecule has 5 rings (SSSR count). The normalized spacial score (nSPS) is 19.7. The number of aromatic nitrogens is 3. The van der Waals surface area contributed by atoms with E-state index in [-0.39, 0.29) is 0 Å². The Morgan fingerprint density at radius 2 is 1.85 bits per heavy atom. The van der Waals surface area contributed by atoms with Gasteiger partial charge in [-0.25, -0.2) is 9.97 Å². The Morgan fingerprint density at radius 3 is 2.52 bits per heavy atom. The Bertz CT molecular complexity index is 1090. The van der Waals surface area contributed by atoms with Crippen LogP contribution in [0.25, 0.3) is 5.57 Å². The molecule has 0 aromatic carbocycles. The third-order valence-electron chi connectivity index (χ3n) is 7.31. The summed E-state index contributed by atoms with van der Waals surface area (Å²) in [5.41, 5.74) is 6.69. The van der Waals surface area contributed by atoms with Crippen molar-refractivity contribution in [1.29, 1.82) is 0 Å². The second-order valence-corrected chi connectivity index (χ2v) is 9.59. The Kier molecular flexibility index (Phi) is 6.02. The van der Waals surface area contributed by atoms with Gasteiger partial charge in [-0.15, -0.1) is 0 Å². The molecule has 0 amide bonds. The fraction of sp³-hybridized carbons (Fsp3) is 0.444. The van der Waals surface area contributed by atoms with Gasteiger partial charge in [0.05, 0.1) is 0 Å². The first-order chi connectivity index (χ1) is 16.0. The molecule has 1 saturated carbocycles. The maximum Gasteiger partial charge on any atom is 0.230 e. The topological polar surface area (TPSA) is 66.0 Å². The molecule has 2 aromatic rings. The van der Waals surface area contributed by atoms with Crippen molar-refractivity contribution in [2.75, 3.05) is 23.3 Å². The predicted octanol–water partition coefficient (Wildman–Crippen LogP) is 5.71. The van der Waals surface area contributed by atoms with Crippen molar-refractivity contribution in [3.8, 4) is 0 Å². The molecule has 33 heavy (non-hydrogen) atoms. The minimum Gasteiger partial charge on any atom is -0.323 e. The minimum atomic E-state index is 0.420. The van der Waals surface area contributed by atoms with E-state index in [0.29, 0.717) is 17.9 Å². The molecule has 0 atom stereocenters. The highest BCUT2D eigenvalue weighted by Gasteiger charge is 2.34. The van der Waals surface area contributed by atoms with Crippen molar-refractivity contribution < 1.29 is 0 Å². The molecular weight excluding hydrogens is 408 g/mol. The van der Waals surface area contributed by atoms with Crippen molar-refractivity contribution in [3.05, 3.63) is 65.7 Å². The van der Waals surface area contributed by atoms with Crippen molar-refractivity contribution in [3.63, 3.8) is 0 Å². The lowest BCUT2D eigenvalue weighted by atomic mass is 9.90. The third-order valence-corrected chi connectivity index (χ3v) is 7.31. The summed E-state index contributed by atoms with van der Waals surface area (Å²) in [6, 6.07) is 4.64. The van der Waals surface area contributed by atoms with Crippen LogP contribution in [0.5, 0.6) is 0 Å². The van der Waals surface area contributed by atoms with E-state index < -0.39 is 0 Å². The van der Waals surface area contributed by atoms with Crippen LogP contribution in [0.1, 0.15) is 69.4 Å². The summed E-state index contributed by atoms with van der Waals surface area (Å²) in [6.45, 7) is 15.0. The first kappa shape index (κ1) is 21.8. The van der Waals surface area contributed by atoms with Crippen LogP contribution in [0.4, 0.5) is 17.6 Å². The summed E-state index contributed by atoms with van der Waals surface area (Å²) in [7, 11) is 0. The molecule has 2 N–H and O–H groups in total. The first-order valence-corrected chi connectivity index (χ1v) is 12.2. The molecule has 3 aliphatic rings. The molecule has 1 aliphatic carbocycles. The van der Waals surface area contributed by atoms with Gasteiger partial charge in [0.2, 0.25) is 5.95 Å². The summed E-state index contributed by atoms with van der Waals surface area (Å²) < 4.78 is 0. The van der Waals surface area contributed by atoms with Crippen LogP contribution in [-0.4, -0.2) is 34.1 Å². The van der Waals surface area contributed by atoms with Gasteiger partial charge in [-0.3, -0.25) is 0 Å². The van der Waals surface area contributed by atoms with Crippen molar-refractivity contribution in [2.45, 2.75) is 64.3 Å². The number of rotatable bonds is 5. The smallest absolute Gasteiger partial charge is 0.230 e. The first-order valence-electron chi connectivity index (χ1n) is 12.2. The Balaban J connectivity index is 1.44. The van der Waals surface area contributed by atoms with Crippen LogP contribution < -0.4 is 15.5 Å². The number of anilines is 3. The SMILES string of the molecule is C=C(C)C1=C(C)c2cnc(Nc3ccc(C4CCNCC4)cn3)nc2N(C2CCCC2)C1=C. The largest absolute Gasteiger partial charge is 0.323 e. The van der Waals surface area contributed by atoms with E-state index in [9.17, 15) is 0 Å². The lowest BCUT2D eigenvalue weighted by molar-refractivity contribution is 0.459. The summed E-state index contributed by atoms with van der Waals surface area (Å²) >= 11 is 0. The Hall–Kier alpha value is -2.99. The summed E-state index contributed by atoms with van der Waals surface area (Å²) in [4.78, 5) is 16.6. The van der Waals surface area contributed by atoms with E-state index in [1.165, 1.54) is 31.2 Å². The van der Waals surface area contributed by atoms with Gasteiger partial charge in [-0.05, 0) is 81.3 Å². The number of pyridine rings is 1. The highest BCUT2D eigenvalue weighted by Crippen LogP contribution is 2.44. The van der Waals surface area contributed by atoms with Gasteiger partial charge in [0.1, 0.15) is 11.6 Å². The summed E-state index contributed by atoms with van der Waals surface area (Å²) in [5.74, 6) is 2.87. The lowest BCUT2D eigenvalue weighted by Crippen LogP contribution is -2.36. The fourth-order valence-electron chi connectivity index (χ4n) is 5.59. The highest BCUT2D eigenvalue weighted by atomic mass is 15.3. The minimum absolute atomic E-state index is 0.420. The molecule has 6 nitrogen and oxygen atoms in total. The van der Waals surface area contributed by atoms with E-state index in [0.717, 1.165) is 65.5 Å². The molecule has 172 valence electrons. The lowest BCUT2D eigenvalue weighted by Gasteiger charge is -2.38. The van der Waals surface area contributed by atoms with Gasteiger partial charge >= 0.3 is 0 Å². The van der Waals surface area contributed by atoms with Crippen LogP contribution in [0.15, 0.2) is 54.5 Å². The number of allylic oxidation sites excluding steroid dienone is 2. The molecule has 2 fully saturated rings. The maximum absolute atomic E-state index is 4.97. The van der Waals surface area contributed by atoms with Crippen molar-refractivity contribution >= 4 is 23.2 Å².